The molecular weight excluding hydrogens is 412 g/mol. The molecule has 0 saturated carbocycles. The molecule has 2 heterocycles. The van der Waals surface area contributed by atoms with E-state index in [1.165, 1.54) is 7.11 Å². The average molecular weight is 434 g/mol. The molecule has 0 spiro atoms. The largest absolute Gasteiger partial charge is 0.482 e. The number of aromatic nitrogens is 1. The fourth-order valence-corrected chi connectivity index (χ4v) is 3.70. The number of rotatable bonds is 6. The summed E-state index contributed by atoms with van der Waals surface area (Å²) in [6.45, 7) is 1.32. The molecule has 0 aliphatic carbocycles. The van der Waals surface area contributed by atoms with Gasteiger partial charge in [0.2, 0.25) is 5.91 Å². The molecule has 0 atom stereocenters. The van der Waals surface area contributed by atoms with Crippen LogP contribution in [0.25, 0.3) is 10.9 Å². The first-order valence-electron chi connectivity index (χ1n) is 10.1. The maximum Gasteiger partial charge on any atom is 0.344 e. The summed E-state index contributed by atoms with van der Waals surface area (Å²) in [7, 11) is 1.30. The molecule has 1 aliphatic rings. The maximum absolute atomic E-state index is 12.3. The Morgan fingerprint density at radius 2 is 1.94 bits per heavy atom. The molecule has 1 N–H and O–H groups in total. The molecule has 164 valence electrons. The average Bonchev–Trinajstić information content (AvgIpc) is 2.81. The molecule has 4 rings (SSSR count). The number of aryl methyl sites for hydroxylation is 2. The first-order chi connectivity index (χ1) is 15.5. The number of nitrogens with zero attached hydrogens (tertiary/aromatic N) is 1. The normalized spacial score (nSPS) is 12.6. The Hall–Kier alpha value is -3.94. The molecule has 32 heavy (non-hydrogen) atoms. The number of hydrogen-bond donors (Lipinski definition) is 1. The fraction of sp³-hybridized carbons (Fsp3) is 0.250. The van der Waals surface area contributed by atoms with Crippen molar-refractivity contribution in [1.29, 1.82) is 0 Å². The van der Waals surface area contributed by atoms with E-state index in [0.29, 0.717) is 35.4 Å². The summed E-state index contributed by atoms with van der Waals surface area (Å²) in [5.41, 5.74) is 3.73. The zero-order chi connectivity index (χ0) is 22.7. The number of ether oxygens (including phenoxy) is 3. The van der Waals surface area contributed by atoms with Crippen LogP contribution in [0.2, 0.25) is 0 Å². The van der Waals surface area contributed by atoms with Crippen molar-refractivity contribution in [3.63, 3.8) is 0 Å². The third-order valence-corrected chi connectivity index (χ3v) is 5.32. The van der Waals surface area contributed by atoms with Gasteiger partial charge in [0.25, 0.3) is 0 Å². The number of nitrogens with one attached hydrogen (secondary N) is 1. The lowest BCUT2D eigenvalue weighted by Crippen LogP contribution is -2.19. The van der Waals surface area contributed by atoms with E-state index in [4.69, 9.17) is 14.2 Å². The zero-order valence-electron chi connectivity index (χ0n) is 17.8. The smallest absolute Gasteiger partial charge is 0.344 e. The van der Waals surface area contributed by atoms with Crippen LogP contribution >= 0.6 is 0 Å². The third-order valence-electron chi connectivity index (χ3n) is 5.32. The molecule has 8 heteroatoms. The number of esters is 2. The first kappa shape index (κ1) is 21.3. The van der Waals surface area contributed by atoms with Crippen LogP contribution in [0.1, 0.15) is 33.6 Å². The van der Waals surface area contributed by atoms with E-state index in [1.54, 1.807) is 18.2 Å². The van der Waals surface area contributed by atoms with Crippen LogP contribution < -0.4 is 10.1 Å². The van der Waals surface area contributed by atoms with Gasteiger partial charge in [0.1, 0.15) is 12.4 Å². The Morgan fingerprint density at radius 1 is 1.12 bits per heavy atom. The molecule has 1 amide bonds. The summed E-state index contributed by atoms with van der Waals surface area (Å²) < 4.78 is 15.8. The van der Waals surface area contributed by atoms with Crippen molar-refractivity contribution in [1.82, 2.24) is 4.98 Å². The van der Waals surface area contributed by atoms with Gasteiger partial charge in [-0.3, -0.25) is 4.79 Å². The Bertz CT molecular complexity index is 1220. The Balaban J connectivity index is 1.44. The monoisotopic (exact) mass is 434 g/mol. The highest BCUT2D eigenvalue weighted by atomic mass is 16.6. The van der Waals surface area contributed by atoms with Crippen molar-refractivity contribution >= 4 is 34.4 Å². The summed E-state index contributed by atoms with van der Waals surface area (Å²) in [4.78, 5) is 40.6. The second kappa shape index (κ2) is 9.05. The highest BCUT2D eigenvalue weighted by Crippen LogP contribution is 2.27. The minimum atomic E-state index is -0.598. The Morgan fingerprint density at radius 3 is 2.75 bits per heavy atom. The van der Waals surface area contributed by atoms with E-state index >= 15 is 0 Å². The van der Waals surface area contributed by atoms with Crippen molar-refractivity contribution in [3.8, 4) is 5.75 Å². The number of pyridine rings is 1. The van der Waals surface area contributed by atoms with E-state index in [1.807, 2.05) is 31.2 Å². The highest BCUT2D eigenvalue weighted by molar-refractivity contribution is 5.98. The molecule has 0 unspecified atom stereocenters. The molecule has 8 nitrogen and oxygen atoms in total. The molecule has 1 aromatic heterocycles. The van der Waals surface area contributed by atoms with Gasteiger partial charge in [0.05, 0.1) is 23.9 Å². The Kier molecular flexibility index (Phi) is 6.02. The lowest BCUT2D eigenvalue weighted by atomic mass is 10.0. The van der Waals surface area contributed by atoms with Gasteiger partial charge in [-0.05, 0) is 48.7 Å². The molecule has 0 radical (unpaired) electrons. The van der Waals surface area contributed by atoms with Crippen molar-refractivity contribution in [3.05, 3.63) is 64.8 Å². The molecule has 2 aromatic carbocycles. The topological polar surface area (TPSA) is 104 Å². The van der Waals surface area contributed by atoms with Crippen molar-refractivity contribution in [2.24, 2.45) is 0 Å². The summed E-state index contributed by atoms with van der Waals surface area (Å²) in [5, 5.41) is 3.62. The predicted molar refractivity (Wildman–Crippen MR) is 117 cm³/mol. The molecule has 3 aromatic rings. The van der Waals surface area contributed by atoms with Crippen molar-refractivity contribution < 1.29 is 28.6 Å². The second-order valence-electron chi connectivity index (χ2n) is 7.38. The van der Waals surface area contributed by atoms with Crippen molar-refractivity contribution in [2.75, 3.05) is 19.0 Å². The lowest BCUT2D eigenvalue weighted by Gasteiger charge is -2.17. The summed E-state index contributed by atoms with van der Waals surface area (Å²) in [6.07, 6.45) is 1.03. The zero-order valence-corrected chi connectivity index (χ0v) is 17.8. The van der Waals surface area contributed by atoms with Gasteiger partial charge in [0.15, 0.2) is 6.61 Å². The lowest BCUT2D eigenvalue weighted by molar-refractivity contribution is -0.147. The van der Waals surface area contributed by atoms with E-state index in [2.05, 4.69) is 10.3 Å². The van der Waals surface area contributed by atoms with Gasteiger partial charge in [-0.15, -0.1) is 0 Å². The highest BCUT2D eigenvalue weighted by Gasteiger charge is 2.21. The SMILES string of the molecule is COC(=O)c1c(COC(=O)COc2ccc3c(c2)CCC(=O)N3)nc2ccccc2c1C. The van der Waals surface area contributed by atoms with Gasteiger partial charge < -0.3 is 19.5 Å². The first-order valence-corrected chi connectivity index (χ1v) is 10.1. The van der Waals surface area contributed by atoms with Gasteiger partial charge in [-0.25, -0.2) is 14.6 Å². The fourth-order valence-electron chi connectivity index (χ4n) is 3.70. The molecule has 1 aliphatic heterocycles. The maximum atomic E-state index is 12.3. The standard InChI is InChI=1S/C24H22N2O6/c1-14-17-5-3-4-6-19(17)25-20(23(14)24(29)30-2)12-32-22(28)13-31-16-8-9-18-15(11-16)7-10-21(27)26-18/h3-6,8-9,11H,7,10,12-13H2,1-2H3,(H,26,27). The van der Waals surface area contributed by atoms with Gasteiger partial charge in [-0.2, -0.15) is 0 Å². The summed E-state index contributed by atoms with van der Waals surface area (Å²) in [6, 6.07) is 12.6. The van der Waals surface area contributed by atoms with Crippen LogP contribution in [0.4, 0.5) is 5.69 Å². The van der Waals surface area contributed by atoms with Gasteiger partial charge in [-0.1, -0.05) is 18.2 Å². The second-order valence-corrected chi connectivity index (χ2v) is 7.38. The van der Waals surface area contributed by atoms with Crippen LogP contribution in [0.5, 0.6) is 5.75 Å². The van der Waals surface area contributed by atoms with E-state index < -0.39 is 11.9 Å². The van der Waals surface area contributed by atoms with Crippen LogP contribution in [-0.2, 0) is 32.1 Å². The number of methoxy groups -OCH3 is 1. The number of hydrogen-bond acceptors (Lipinski definition) is 7. The van der Waals surface area contributed by atoms with Gasteiger partial charge in [0, 0.05) is 17.5 Å². The third kappa shape index (κ3) is 4.39. The molecule has 0 saturated heterocycles. The minimum Gasteiger partial charge on any atom is -0.482 e. The number of amides is 1. The number of carbonyl (C=O) groups is 3. The number of para-hydroxylation sites is 1. The van der Waals surface area contributed by atoms with E-state index in [9.17, 15) is 14.4 Å². The quantitative estimate of drug-likeness (QED) is 0.594. The van der Waals surface area contributed by atoms with Gasteiger partial charge >= 0.3 is 11.9 Å². The predicted octanol–water partition coefficient (Wildman–Crippen LogP) is 3.34. The summed E-state index contributed by atoms with van der Waals surface area (Å²) >= 11 is 0. The molecular formula is C24H22N2O6. The number of fused-ring (bicyclic) bond motifs is 2. The van der Waals surface area contributed by atoms with Crippen LogP contribution in [-0.4, -0.2) is 36.5 Å². The van der Waals surface area contributed by atoms with Crippen LogP contribution in [0.15, 0.2) is 42.5 Å². The molecule has 0 fully saturated rings. The molecule has 0 bridgehead atoms. The summed E-state index contributed by atoms with van der Waals surface area (Å²) in [5.74, 6) is -0.644. The van der Waals surface area contributed by atoms with Crippen LogP contribution in [0.3, 0.4) is 0 Å². The van der Waals surface area contributed by atoms with Crippen molar-refractivity contribution in [2.45, 2.75) is 26.4 Å². The van der Waals surface area contributed by atoms with E-state index in [-0.39, 0.29) is 24.7 Å². The minimum absolute atomic E-state index is 0.0152. The van der Waals surface area contributed by atoms with E-state index in [0.717, 1.165) is 16.6 Å². The number of anilines is 1. The number of carbonyl (C=O) groups excluding carboxylic acids is 3. The number of benzene rings is 2. The Labute approximate surface area is 184 Å². The van der Waals surface area contributed by atoms with Crippen LogP contribution in [0, 0.1) is 6.92 Å².